The molecule has 1 aliphatic heterocycles. The molecule has 0 unspecified atom stereocenters. The van der Waals surface area contributed by atoms with Crippen LogP contribution in [-0.2, 0) is 6.42 Å². The van der Waals surface area contributed by atoms with Crippen LogP contribution >= 0.6 is 0 Å². The zero-order chi connectivity index (χ0) is 20.4. The second-order valence-corrected chi connectivity index (χ2v) is 8.61. The molecule has 4 atom stereocenters. The molecule has 4 rings (SSSR count). The standard InChI is InChI=1S/C27H31NO/c1-20-25(23-15-9-5-10-16-23)28(3)26(24-17-11-6-12-18-24)21(2)27(20,29)19-22-13-7-4-8-14-22/h4-18,20-21,25-26,29H,19H2,1-3H3/t20-,21-,25-,26-/m1/s1. The van der Waals surface area contributed by atoms with Gasteiger partial charge in [0.15, 0.2) is 0 Å². The van der Waals surface area contributed by atoms with Gasteiger partial charge in [0.05, 0.1) is 5.60 Å². The van der Waals surface area contributed by atoms with E-state index in [0.29, 0.717) is 6.42 Å². The van der Waals surface area contributed by atoms with Gasteiger partial charge in [0.1, 0.15) is 0 Å². The molecule has 1 N–H and O–H groups in total. The van der Waals surface area contributed by atoms with Crippen molar-refractivity contribution in [3.05, 3.63) is 108 Å². The van der Waals surface area contributed by atoms with E-state index in [-0.39, 0.29) is 23.9 Å². The fraction of sp³-hybridized carbons (Fsp3) is 0.333. The average molecular weight is 386 g/mol. The maximum atomic E-state index is 12.2. The Balaban J connectivity index is 1.81. The highest BCUT2D eigenvalue weighted by molar-refractivity contribution is 5.29. The molecule has 150 valence electrons. The van der Waals surface area contributed by atoms with Crippen LogP contribution in [0, 0.1) is 11.8 Å². The first kappa shape index (κ1) is 19.9. The minimum Gasteiger partial charge on any atom is -0.389 e. The summed E-state index contributed by atoms with van der Waals surface area (Å²) in [6.07, 6.45) is 0.663. The van der Waals surface area contributed by atoms with Crippen LogP contribution in [0.5, 0.6) is 0 Å². The molecule has 0 spiro atoms. The van der Waals surface area contributed by atoms with E-state index in [0.717, 1.165) is 0 Å². The SMILES string of the molecule is C[C@@H]1[C@H](c2ccccc2)N(C)[C@@H](c2ccccc2)[C@@H](C)C1(O)Cc1ccccc1. The molecule has 29 heavy (non-hydrogen) atoms. The van der Waals surface area contributed by atoms with Gasteiger partial charge in [-0.3, -0.25) is 4.90 Å². The Morgan fingerprint density at radius 1 is 0.690 bits per heavy atom. The lowest BCUT2D eigenvalue weighted by atomic mass is 9.63. The lowest BCUT2D eigenvalue weighted by Gasteiger charge is -2.56. The fourth-order valence-corrected chi connectivity index (χ4v) is 5.43. The summed E-state index contributed by atoms with van der Waals surface area (Å²) in [5, 5.41) is 12.2. The van der Waals surface area contributed by atoms with E-state index in [2.05, 4.69) is 111 Å². The third-order valence-corrected chi connectivity index (χ3v) is 7.01. The molecule has 2 heteroatoms. The van der Waals surface area contributed by atoms with Gasteiger partial charge < -0.3 is 5.11 Å². The summed E-state index contributed by atoms with van der Waals surface area (Å²) in [7, 11) is 2.21. The number of rotatable bonds is 4. The second kappa shape index (κ2) is 8.14. The number of likely N-dealkylation sites (tertiary alicyclic amines) is 1. The Hall–Kier alpha value is -2.42. The van der Waals surface area contributed by atoms with E-state index in [4.69, 9.17) is 0 Å². The van der Waals surface area contributed by atoms with E-state index in [1.54, 1.807) is 0 Å². The van der Waals surface area contributed by atoms with Crippen molar-refractivity contribution >= 4 is 0 Å². The van der Waals surface area contributed by atoms with Crippen molar-refractivity contribution in [2.45, 2.75) is 38.0 Å². The second-order valence-electron chi connectivity index (χ2n) is 8.61. The molecule has 0 amide bonds. The lowest BCUT2D eigenvalue weighted by Crippen LogP contribution is -2.59. The molecule has 0 aliphatic carbocycles. The van der Waals surface area contributed by atoms with Crippen LogP contribution in [0.15, 0.2) is 91.0 Å². The summed E-state index contributed by atoms with van der Waals surface area (Å²) in [6.45, 7) is 4.43. The van der Waals surface area contributed by atoms with Gasteiger partial charge in [0.25, 0.3) is 0 Å². The molecule has 3 aromatic carbocycles. The molecule has 1 heterocycles. The third kappa shape index (κ3) is 3.63. The highest BCUT2D eigenvalue weighted by atomic mass is 16.3. The normalized spacial score (nSPS) is 30.2. The van der Waals surface area contributed by atoms with Gasteiger partial charge >= 0.3 is 0 Å². The van der Waals surface area contributed by atoms with Gasteiger partial charge in [-0.05, 0) is 23.7 Å². The number of hydrogen-bond donors (Lipinski definition) is 1. The summed E-state index contributed by atoms with van der Waals surface area (Å²) in [5.41, 5.74) is 2.91. The average Bonchev–Trinajstić information content (AvgIpc) is 2.75. The Bertz CT molecular complexity index is 856. The van der Waals surface area contributed by atoms with E-state index in [1.165, 1.54) is 16.7 Å². The van der Waals surface area contributed by atoms with Crippen LogP contribution in [-0.4, -0.2) is 22.7 Å². The summed E-state index contributed by atoms with van der Waals surface area (Å²) in [6, 6.07) is 32.0. The maximum absolute atomic E-state index is 12.2. The Labute approximate surface area is 174 Å². The highest BCUT2D eigenvalue weighted by Crippen LogP contribution is 2.52. The van der Waals surface area contributed by atoms with Crippen LogP contribution in [0.2, 0.25) is 0 Å². The van der Waals surface area contributed by atoms with Crippen molar-refractivity contribution in [2.75, 3.05) is 7.05 Å². The van der Waals surface area contributed by atoms with Crippen molar-refractivity contribution in [2.24, 2.45) is 11.8 Å². The first-order chi connectivity index (χ1) is 14.0. The topological polar surface area (TPSA) is 23.5 Å². The number of benzene rings is 3. The van der Waals surface area contributed by atoms with E-state index in [1.807, 2.05) is 6.07 Å². The molecule has 0 bridgehead atoms. The minimum atomic E-state index is -0.811. The van der Waals surface area contributed by atoms with Crippen molar-refractivity contribution < 1.29 is 5.11 Å². The quantitative estimate of drug-likeness (QED) is 0.626. The number of aliphatic hydroxyl groups is 1. The summed E-state index contributed by atoms with van der Waals surface area (Å²) in [4.78, 5) is 2.47. The van der Waals surface area contributed by atoms with Crippen LogP contribution in [0.25, 0.3) is 0 Å². The Kier molecular flexibility index (Phi) is 5.58. The van der Waals surface area contributed by atoms with Crippen LogP contribution in [0.1, 0.15) is 42.6 Å². The molecule has 3 aromatic rings. The van der Waals surface area contributed by atoms with Crippen molar-refractivity contribution in [1.82, 2.24) is 4.90 Å². The molecule has 0 aromatic heterocycles. The van der Waals surface area contributed by atoms with Crippen LogP contribution in [0.4, 0.5) is 0 Å². The molecular formula is C27H31NO. The largest absolute Gasteiger partial charge is 0.389 e. The lowest BCUT2D eigenvalue weighted by molar-refractivity contribution is -0.154. The van der Waals surface area contributed by atoms with Crippen molar-refractivity contribution in [3.63, 3.8) is 0 Å². The van der Waals surface area contributed by atoms with Crippen molar-refractivity contribution in [3.8, 4) is 0 Å². The van der Waals surface area contributed by atoms with Crippen LogP contribution < -0.4 is 0 Å². The van der Waals surface area contributed by atoms with Crippen molar-refractivity contribution in [1.29, 1.82) is 0 Å². The molecule has 0 saturated carbocycles. The Morgan fingerprint density at radius 2 is 1.07 bits per heavy atom. The highest BCUT2D eigenvalue weighted by Gasteiger charge is 2.53. The zero-order valence-corrected chi connectivity index (χ0v) is 17.6. The molecule has 0 radical (unpaired) electrons. The summed E-state index contributed by atoms with van der Waals surface area (Å²) in [5.74, 6) is 0.176. The molecule has 2 nitrogen and oxygen atoms in total. The van der Waals surface area contributed by atoms with Crippen LogP contribution in [0.3, 0.4) is 0 Å². The van der Waals surface area contributed by atoms with Gasteiger partial charge in [0.2, 0.25) is 0 Å². The first-order valence-corrected chi connectivity index (χ1v) is 10.6. The fourth-order valence-electron chi connectivity index (χ4n) is 5.43. The van der Waals surface area contributed by atoms with E-state index >= 15 is 0 Å². The van der Waals surface area contributed by atoms with Gasteiger partial charge in [-0.15, -0.1) is 0 Å². The van der Waals surface area contributed by atoms with Gasteiger partial charge in [-0.2, -0.15) is 0 Å². The number of piperidine rings is 1. The third-order valence-electron chi connectivity index (χ3n) is 7.01. The monoisotopic (exact) mass is 385 g/mol. The molecule has 1 fully saturated rings. The summed E-state index contributed by atoms with van der Waals surface area (Å²) < 4.78 is 0. The molecule has 1 saturated heterocycles. The molecular weight excluding hydrogens is 354 g/mol. The Morgan fingerprint density at radius 3 is 1.48 bits per heavy atom. The zero-order valence-electron chi connectivity index (χ0n) is 17.6. The number of hydrogen-bond acceptors (Lipinski definition) is 2. The van der Waals surface area contributed by atoms with E-state index in [9.17, 15) is 5.11 Å². The smallest absolute Gasteiger partial charge is 0.0775 e. The maximum Gasteiger partial charge on any atom is 0.0775 e. The summed E-state index contributed by atoms with van der Waals surface area (Å²) >= 11 is 0. The first-order valence-electron chi connectivity index (χ1n) is 10.6. The predicted octanol–water partition coefficient (Wildman–Crippen LogP) is 5.66. The number of nitrogens with zero attached hydrogens (tertiary/aromatic N) is 1. The van der Waals surface area contributed by atoms with Gasteiger partial charge in [-0.1, -0.05) is 105 Å². The van der Waals surface area contributed by atoms with E-state index < -0.39 is 5.60 Å². The molecule has 1 aliphatic rings. The predicted molar refractivity (Wildman–Crippen MR) is 120 cm³/mol. The minimum absolute atomic E-state index is 0.0880. The van der Waals surface area contributed by atoms with Gasteiger partial charge in [0, 0.05) is 30.3 Å². The van der Waals surface area contributed by atoms with Gasteiger partial charge in [-0.25, -0.2) is 0 Å².